The van der Waals surface area contributed by atoms with Crippen molar-refractivity contribution in [2.24, 2.45) is 0 Å². The summed E-state index contributed by atoms with van der Waals surface area (Å²) in [7, 11) is 0. The van der Waals surface area contributed by atoms with Crippen LogP contribution in [0.3, 0.4) is 0 Å². The SMILES string of the molecule is CC1NC(=O)c2ccc(Nc3cc(N[C@H](CO)c4ccccc4)c(-c4nc(C56CCN(CC5)CC6)no4)cn3)cc2C12CC2. The van der Waals surface area contributed by atoms with Gasteiger partial charge in [-0.05, 0) is 88.0 Å². The molecule has 1 amide bonds. The highest BCUT2D eigenvalue weighted by atomic mass is 16.5. The molecule has 3 saturated heterocycles. The van der Waals surface area contributed by atoms with Crippen molar-refractivity contribution >= 4 is 23.1 Å². The largest absolute Gasteiger partial charge is 0.394 e. The van der Waals surface area contributed by atoms with Crippen molar-refractivity contribution in [1.29, 1.82) is 0 Å². The molecule has 4 aromatic rings. The molecule has 2 atom stereocenters. The first kappa shape index (κ1) is 27.3. The second-order valence-corrected chi connectivity index (χ2v) is 12.9. The number of rotatable bonds is 8. The Hall–Kier alpha value is -4.28. The van der Waals surface area contributed by atoms with Gasteiger partial charge in [-0.2, -0.15) is 4.98 Å². The van der Waals surface area contributed by atoms with E-state index in [9.17, 15) is 9.90 Å². The van der Waals surface area contributed by atoms with Crippen molar-refractivity contribution < 1.29 is 14.4 Å². The average Bonchev–Trinajstić information content (AvgIpc) is 3.72. The summed E-state index contributed by atoms with van der Waals surface area (Å²) in [6.07, 6.45) is 7.02. The topological polar surface area (TPSA) is 128 Å². The molecule has 4 aliphatic heterocycles. The second-order valence-electron chi connectivity index (χ2n) is 12.9. The lowest BCUT2D eigenvalue weighted by Gasteiger charge is -2.46. The van der Waals surface area contributed by atoms with Gasteiger partial charge in [0.1, 0.15) is 5.82 Å². The fraction of sp³-hybridized carbons (Fsp3) is 0.412. The summed E-state index contributed by atoms with van der Waals surface area (Å²) < 4.78 is 5.90. The van der Waals surface area contributed by atoms with Gasteiger partial charge >= 0.3 is 0 Å². The van der Waals surface area contributed by atoms with Crippen molar-refractivity contribution in [1.82, 2.24) is 25.3 Å². The minimum atomic E-state index is -0.354. The van der Waals surface area contributed by atoms with Crippen LogP contribution in [-0.4, -0.2) is 63.3 Å². The Kier molecular flexibility index (Phi) is 6.46. The number of nitrogens with zero attached hydrogens (tertiary/aromatic N) is 4. The smallest absolute Gasteiger partial charge is 0.261 e. The predicted octanol–water partition coefficient (Wildman–Crippen LogP) is 4.92. The van der Waals surface area contributed by atoms with Crippen molar-refractivity contribution in [3.8, 4) is 11.5 Å². The number of carbonyl (C=O) groups excluding carboxylic acids is 1. The number of fused-ring (bicyclic) bond motifs is 5. The van der Waals surface area contributed by atoms with Crippen LogP contribution < -0.4 is 16.0 Å². The van der Waals surface area contributed by atoms with Gasteiger partial charge in [0, 0.05) is 40.4 Å². The molecule has 2 bridgehead atoms. The summed E-state index contributed by atoms with van der Waals surface area (Å²) in [5, 5.41) is 25.0. The van der Waals surface area contributed by atoms with Gasteiger partial charge in [0.2, 0.25) is 0 Å². The van der Waals surface area contributed by atoms with Crippen LogP contribution in [0.1, 0.15) is 72.4 Å². The lowest BCUT2D eigenvalue weighted by Crippen LogP contribution is -2.51. The molecule has 1 saturated carbocycles. The van der Waals surface area contributed by atoms with Crippen molar-refractivity contribution in [2.75, 3.05) is 36.9 Å². The number of hydrogen-bond donors (Lipinski definition) is 4. The average molecular weight is 592 g/mol. The molecule has 6 heterocycles. The van der Waals surface area contributed by atoms with Crippen molar-refractivity contribution in [3.05, 3.63) is 83.3 Å². The molecule has 5 aliphatic rings. The number of piperidine rings is 3. The molecule has 4 N–H and O–H groups in total. The third kappa shape index (κ3) is 4.55. The first-order valence-electron chi connectivity index (χ1n) is 15.7. The molecular weight excluding hydrogens is 554 g/mol. The minimum Gasteiger partial charge on any atom is -0.394 e. The molecule has 9 rings (SSSR count). The van der Waals surface area contributed by atoms with Gasteiger partial charge in [-0.15, -0.1) is 0 Å². The van der Waals surface area contributed by atoms with Gasteiger partial charge in [-0.25, -0.2) is 4.98 Å². The Morgan fingerprint density at radius 1 is 1.05 bits per heavy atom. The molecule has 44 heavy (non-hydrogen) atoms. The third-order valence-electron chi connectivity index (χ3n) is 10.5. The first-order chi connectivity index (χ1) is 21.5. The maximum atomic E-state index is 12.7. The number of aromatic nitrogens is 3. The van der Waals surface area contributed by atoms with E-state index in [0.717, 1.165) is 85.6 Å². The van der Waals surface area contributed by atoms with Crippen molar-refractivity contribution in [2.45, 2.75) is 61.9 Å². The molecule has 2 aromatic carbocycles. The van der Waals surface area contributed by atoms with Gasteiger partial charge < -0.3 is 30.5 Å². The monoisotopic (exact) mass is 591 g/mol. The molecule has 226 valence electrons. The number of anilines is 3. The fourth-order valence-electron chi connectivity index (χ4n) is 7.49. The highest BCUT2D eigenvalue weighted by molar-refractivity contribution is 5.98. The minimum absolute atomic E-state index is 0.0130. The van der Waals surface area contributed by atoms with Crippen LogP contribution in [0.2, 0.25) is 0 Å². The number of carbonyl (C=O) groups is 1. The zero-order valence-electron chi connectivity index (χ0n) is 24.8. The summed E-state index contributed by atoms with van der Waals surface area (Å²) in [5.74, 6) is 1.80. The summed E-state index contributed by atoms with van der Waals surface area (Å²) in [5.41, 5.74) is 5.07. The number of nitrogens with one attached hydrogen (secondary N) is 3. The summed E-state index contributed by atoms with van der Waals surface area (Å²) in [4.78, 5) is 24.9. The number of aliphatic hydroxyl groups excluding tert-OH is 1. The van der Waals surface area contributed by atoms with Crippen LogP contribution in [0.5, 0.6) is 0 Å². The number of pyridine rings is 1. The van der Waals surface area contributed by atoms with Gasteiger partial charge in [-0.3, -0.25) is 4.79 Å². The number of amides is 1. The predicted molar refractivity (Wildman–Crippen MR) is 167 cm³/mol. The van der Waals surface area contributed by atoms with Crippen LogP contribution in [0.15, 0.2) is 65.3 Å². The van der Waals surface area contributed by atoms with Crippen molar-refractivity contribution in [3.63, 3.8) is 0 Å². The van der Waals surface area contributed by atoms with Crippen LogP contribution in [0.4, 0.5) is 17.2 Å². The van der Waals surface area contributed by atoms with E-state index in [-0.39, 0.29) is 35.4 Å². The van der Waals surface area contributed by atoms with Crippen LogP contribution in [-0.2, 0) is 10.8 Å². The van der Waals surface area contributed by atoms with E-state index < -0.39 is 0 Å². The standard InChI is InChI=1S/C34H37N7O3/c1-21-34(9-10-34)26-17-23(7-8-24(26)30(43)36-21)37-29-18-27(38-28(20-42)22-5-3-2-4-6-22)25(19-35-29)31-39-32(40-44-31)33-11-14-41(15-12-33)16-13-33/h2-8,17-19,21,28,42H,9-16,20H2,1H3,(H,36,43)(H2,35,37,38)/t21?,28-/m1/s1. The summed E-state index contributed by atoms with van der Waals surface area (Å²) >= 11 is 0. The zero-order valence-corrected chi connectivity index (χ0v) is 24.8. The lowest BCUT2D eigenvalue weighted by atomic mass is 9.71. The van der Waals surface area contributed by atoms with Gasteiger partial charge in [-0.1, -0.05) is 35.5 Å². The maximum absolute atomic E-state index is 12.7. The lowest BCUT2D eigenvalue weighted by molar-refractivity contribution is 0.0747. The first-order valence-corrected chi connectivity index (χ1v) is 15.7. The molecule has 4 fully saturated rings. The van der Waals surface area contributed by atoms with E-state index in [1.54, 1.807) is 6.20 Å². The summed E-state index contributed by atoms with van der Waals surface area (Å²) in [6, 6.07) is 17.5. The Bertz CT molecular complexity index is 1700. The highest BCUT2D eigenvalue weighted by Crippen LogP contribution is 2.54. The van der Waals surface area contributed by atoms with E-state index in [2.05, 4.69) is 39.0 Å². The molecule has 1 aliphatic carbocycles. The van der Waals surface area contributed by atoms with E-state index in [0.29, 0.717) is 17.3 Å². The molecule has 0 radical (unpaired) electrons. The maximum Gasteiger partial charge on any atom is 0.261 e. The van der Waals surface area contributed by atoms with E-state index >= 15 is 0 Å². The Morgan fingerprint density at radius 2 is 1.82 bits per heavy atom. The molecule has 1 unspecified atom stereocenters. The van der Waals surface area contributed by atoms with Gasteiger partial charge in [0.25, 0.3) is 11.8 Å². The Labute approximate surface area is 256 Å². The second kappa shape index (κ2) is 10.4. The molecule has 10 heteroatoms. The summed E-state index contributed by atoms with van der Waals surface area (Å²) in [6.45, 7) is 5.20. The zero-order chi connectivity index (χ0) is 29.9. The van der Waals surface area contributed by atoms with Gasteiger partial charge in [0.05, 0.1) is 23.9 Å². The normalized spacial score (nSPS) is 25.3. The highest BCUT2D eigenvalue weighted by Gasteiger charge is 2.53. The van der Waals surface area contributed by atoms with Crippen LogP contribution >= 0.6 is 0 Å². The Morgan fingerprint density at radius 3 is 2.55 bits per heavy atom. The van der Waals surface area contributed by atoms with Gasteiger partial charge in [0.15, 0.2) is 5.82 Å². The number of hydrogen-bond acceptors (Lipinski definition) is 9. The van der Waals surface area contributed by atoms with Crippen LogP contribution in [0, 0.1) is 0 Å². The molecule has 1 spiro atoms. The van der Waals surface area contributed by atoms with Crippen LogP contribution in [0.25, 0.3) is 11.5 Å². The number of benzene rings is 2. The number of aliphatic hydroxyl groups is 1. The quantitative estimate of drug-likeness (QED) is 0.226. The van der Waals surface area contributed by atoms with E-state index in [1.807, 2.05) is 48.5 Å². The molecular formula is C34H37N7O3. The van der Waals surface area contributed by atoms with E-state index in [1.165, 1.54) is 0 Å². The third-order valence-corrected chi connectivity index (χ3v) is 10.5. The fourth-order valence-corrected chi connectivity index (χ4v) is 7.49. The Balaban J connectivity index is 1.14. The van der Waals surface area contributed by atoms with E-state index in [4.69, 9.17) is 14.5 Å². The molecule has 10 nitrogen and oxygen atoms in total. The molecule has 2 aromatic heterocycles.